The Morgan fingerprint density at radius 1 is 1.79 bits per heavy atom. The largest absolute Gasteiger partial charge is 0.480 e. The average molecular weight is 201 g/mol. The van der Waals surface area contributed by atoms with E-state index >= 15 is 0 Å². The Morgan fingerprint density at radius 3 is 2.79 bits per heavy atom. The van der Waals surface area contributed by atoms with Crippen LogP contribution in [0.2, 0.25) is 0 Å². The Bertz CT molecular complexity index is 246. The van der Waals surface area contributed by atoms with Gasteiger partial charge in [0.25, 0.3) is 0 Å². The van der Waals surface area contributed by atoms with Crippen molar-refractivity contribution in [3.63, 3.8) is 0 Å². The van der Waals surface area contributed by atoms with E-state index < -0.39 is 17.7 Å². The summed E-state index contributed by atoms with van der Waals surface area (Å²) in [5.41, 5.74) is 17.7. The second kappa shape index (κ2) is 5.43. The fraction of sp³-hybridized carbons (Fsp3) is 0.857. The van der Waals surface area contributed by atoms with Crippen molar-refractivity contribution in [2.45, 2.75) is 37.9 Å². The van der Waals surface area contributed by atoms with Gasteiger partial charge in [0.15, 0.2) is 0 Å². The Morgan fingerprint density at radius 2 is 2.36 bits per heavy atom. The van der Waals surface area contributed by atoms with Crippen LogP contribution in [0.3, 0.4) is 0 Å². The van der Waals surface area contributed by atoms with Crippen LogP contribution in [0, 0.1) is 0 Å². The Labute approximate surface area is 81.7 Å². The van der Waals surface area contributed by atoms with Crippen molar-refractivity contribution in [1.29, 1.82) is 0 Å². The van der Waals surface area contributed by atoms with Gasteiger partial charge in [-0.15, -0.1) is 0 Å². The minimum Gasteiger partial charge on any atom is -0.480 e. The first kappa shape index (κ1) is 12.7. The molecular formula is C7H15N5O2. The van der Waals surface area contributed by atoms with Gasteiger partial charge >= 0.3 is 5.97 Å². The van der Waals surface area contributed by atoms with Gasteiger partial charge < -0.3 is 16.6 Å². The van der Waals surface area contributed by atoms with Crippen LogP contribution in [0.4, 0.5) is 0 Å². The van der Waals surface area contributed by atoms with Crippen LogP contribution in [0.5, 0.6) is 0 Å². The zero-order chi connectivity index (χ0) is 11.2. The summed E-state index contributed by atoms with van der Waals surface area (Å²) in [7, 11) is 0. The molecule has 14 heavy (non-hydrogen) atoms. The molecule has 0 saturated carbocycles. The number of carboxylic acids is 1. The van der Waals surface area contributed by atoms with Crippen LogP contribution in [0.1, 0.15) is 26.2 Å². The van der Waals surface area contributed by atoms with Crippen LogP contribution < -0.4 is 11.5 Å². The van der Waals surface area contributed by atoms with Crippen molar-refractivity contribution in [3.05, 3.63) is 10.4 Å². The number of carbonyl (C=O) groups is 1. The van der Waals surface area contributed by atoms with Crippen LogP contribution in [0.25, 0.3) is 10.4 Å². The molecule has 0 aliphatic carbocycles. The molecule has 0 aromatic heterocycles. The number of aliphatic carboxylic acids is 1. The second-order valence-corrected chi connectivity index (χ2v) is 3.39. The summed E-state index contributed by atoms with van der Waals surface area (Å²) >= 11 is 0. The number of nitrogens with two attached hydrogens (primary N) is 2. The molecule has 7 heteroatoms. The molecule has 0 rings (SSSR count). The summed E-state index contributed by atoms with van der Waals surface area (Å²) in [6.45, 7) is 1.44. The van der Waals surface area contributed by atoms with Gasteiger partial charge in [0.1, 0.15) is 5.54 Å². The highest BCUT2D eigenvalue weighted by atomic mass is 16.4. The maximum absolute atomic E-state index is 10.6. The molecule has 0 spiro atoms. The van der Waals surface area contributed by atoms with Crippen molar-refractivity contribution in [2.75, 3.05) is 0 Å². The molecule has 0 fully saturated rings. The van der Waals surface area contributed by atoms with E-state index in [1.54, 1.807) is 0 Å². The third kappa shape index (κ3) is 4.66. The van der Waals surface area contributed by atoms with Gasteiger partial charge in [0.2, 0.25) is 0 Å². The molecule has 0 saturated heterocycles. The lowest BCUT2D eigenvalue weighted by molar-refractivity contribution is -0.142. The lowest BCUT2D eigenvalue weighted by Gasteiger charge is -2.18. The maximum Gasteiger partial charge on any atom is 0.323 e. The first-order valence-corrected chi connectivity index (χ1v) is 4.22. The van der Waals surface area contributed by atoms with E-state index in [0.717, 1.165) is 0 Å². The molecule has 80 valence electrons. The molecule has 0 bridgehead atoms. The highest BCUT2D eigenvalue weighted by molar-refractivity contribution is 5.77. The third-order valence-corrected chi connectivity index (χ3v) is 1.88. The van der Waals surface area contributed by atoms with E-state index in [-0.39, 0.29) is 0 Å². The second-order valence-electron chi connectivity index (χ2n) is 3.39. The van der Waals surface area contributed by atoms with E-state index in [2.05, 4.69) is 10.0 Å². The lowest BCUT2D eigenvalue weighted by atomic mass is 9.96. The maximum atomic E-state index is 10.6. The first-order chi connectivity index (χ1) is 6.40. The number of nitrogens with zero attached hydrogens (tertiary/aromatic N) is 3. The van der Waals surface area contributed by atoms with Crippen molar-refractivity contribution in [2.24, 2.45) is 16.6 Å². The van der Waals surface area contributed by atoms with E-state index in [1.165, 1.54) is 6.92 Å². The quantitative estimate of drug-likeness (QED) is 0.328. The van der Waals surface area contributed by atoms with Crippen molar-refractivity contribution >= 4 is 5.97 Å². The third-order valence-electron chi connectivity index (χ3n) is 1.88. The number of carboxylic acid groups (broad SMARTS) is 1. The standard InChI is InChI=1S/C7H15N5O2/c1-7(9,6(13)14)4-2-3-5(8)11-12-10/h5H,2-4,8-9H2,1H3,(H,13,14)/t5?,7-/m1/s1. The molecule has 0 aliphatic heterocycles. The predicted octanol–water partition coefficient (Wildman–Crippen LogP) is 0.554. The van der Waals surface area contributed by atoms with Crippen LogP contribution in [0.15, 0.2) is 5.11 Å². The van der Waals surface area contributed by atoms with Crippen LogP contribution >= 0.6 is 0 Å². The first-order valence-electron chi connectivity index (χ1n) is 4.22. The SMILES string of the molecule is C[C@@](N)(CCCC(N)N=[N+]=[N-])C(=O)O. The number of rotatable bonds is 6. The van der Waals surface area contributed by atoms with Crippen LogP contribution in [-0.2, 0) is 4.79 Å². The lowest BCUT2D eigenvalue weighted by Crippen LogP contribution is -2.44. The Hall–Kier alpha value is -1.30. The van der Waals surface area contributed by atoms with E-state index in [1.807, 2.05) is 0 Å². The molecule has 0 radical (unpaired) electrons. The Balaban J connectivity index is 3.84. The highest BCUT2D eigenvalue weighted by Gasteiger charge is 2.26. The number of azide groups is 1. The molecule has 0 aromatic rings. The topological polar surface area (TPSA) is 138 Å². The summed E-state index contributed by atoms with van der Waals surface area (Å²) in [6, 6.07) is 0. The van der Waals surface area contributed by atoms with E-state index in [4.69, 9.17) is 22.1 Å². The number of hydrogen-bond acceptors (Lipinski definition) is 4. The fourth-order valence-corrected chi connectivity index (χ4v) is 0.909. The molecule has 0 heterocycles. The summed E-state index contributed by atoms with van der Waals surface area (Å²) < 4.78 is 0. The van der Waals surface area contributed by atoms with Crippen molar-refractivity contribution in [3.8, 4) is 0 Å². The zero-order valence-electron chi connectivity index (χ0n) is 8.05. The van der Waals surface area contributed by atoms with Gasteiger partial charge in [-0.3, -0.25) is 4.79 Å². The summed E-state index contributed by atoms with van der Waals surface area (Å²) in [5, 5.41) is 11.9. The molecule has 1 unspecified atom stereocenters. The van der Waals surface area contributed by atoms with E-state index in [0.29, 0.717) is 19.3 Å². The average Bonchev–Trinajstić information content (AvgIpc) is 2.04. The highest BCUT2D eigenvalue weighted by Crippen LogP contribution is 2.11. The summed E-state index contributed by atoms with van der Waals surface area (Å²) in [6.07, 6.45) is 0.644. The van der Waals surface area contributed by atoms with Gasteiger partial charge in [-0.25, -0.2) is 0 Å². The van der Waals surface area contributed by atoms with Crippen molar-refractivity contribution < 1.29 is 9.90 Å². The van der Waals surface area contributed by atoms with Gasteiger partial charge in [0.05, 0.1) is 6.17 Å². The molecule has 2 atom stereocenters. The minimum atomic E-state index is -1.24. The molecule has 0 amide bonds. The summed E-state index contributed by atoms with van der Waals surface area (Å²) in [5.74, 6) is -1.05. The molecule has 7 nitrogen and oxygen atoms in total. The molecule has 0 aromatic carbocycles. The fourth-order valence-electron chi connectivity index (χ4n) is 0.909. The molecule has 5 N–H and O–H groups in total. The summed E-state index contributed by atoms with van der Waals surface area (Å²) in [4.78, 5) is 13.1. The molecule has 0 aliphatic rings. The van der Waals surface area contributed by atoms with Gasteiger partial charge in [0, 0.05) is 4.91 Å². The Kier molecular flexibility index (Phi) is 4.93. The zero-order valence-corrected chi connectivity index (χ0v) is 8.05. The smallest absolute Gasteiger partial charge is 0.323 e. The normalized spacial score (nSPS) is 16.5. The van der Waals surface area contributed by atoms with Gasteiger partial charge in [-0.1, -0.05) is 5.11 Å². The van der Waals surface area contributed by atoms with Gasteiger partial charge in [-0.05, 0) is 31.7 Å². The van der Waals surface area contributed by atoms with E-state index in [9.17, 15) is 4.79 Å². The van der Waals surface area contributed by atoms with Gasteiger partial charge in [-0.2, -0.15) is 0 Å². The number of hydrogen-bond donors (Lipinski definition) is 3. The van der Waals surface area contributed by atoms with Crippen LogP contribution in [-0.4, -0.2) is 22.8 Å². The molecular weight excluding hydrogens is 186 g/mol. The van der Waals surface area contributed by atoms with Crippen molar-refractivity contribution in [1.82, 2.24) is 0 Å². The minimum absolute atomic E-state index is 0.303. The monoisotopic (exact) mass is 201 g/mol. The predicted molar refractivity (Wildman–Crippen MR) is 51.2 cm³/mol.